The third kappa shape index (κ3) is 1.86. The summed E-state index contributed by atoms with van der Waals surface area (Å²) in [6.45, 7) is 1.92. The van der Waals surface area contributed by atoms with Crippen LogP contribution < -0.4 is 5.32 Å². The standard InChI is InChI=1S/C10H12N2O/c1-7-2-3-8(6-13)10(11-7)12-9-4-5-9/h2-3,6,9H,4-5H2,1H3,(H,11,12). The first-order chi connectivity index (χ1) is 6.29. The maximum Gasteiger partial charge on any atom is 0.153 e. The highest BCUT2D eigenvalue weighted by molar-refractivity contribution is 5.82. The number of hydrogen-bond acceptors (Lipinski definition) is 3. The van der Waals surface area contributed by atoms with Crippen LogP contribution in [0.15, 0.2) is 12.1 Å². The molecule has 1 heterocycles. The van der Waals surface area contributed by atoms with Gasteiger partial charge in [-0.05, 0) is 31.9 Å². The molecule has 1 aliphatic rings. The summed E-state index contributed by atoms with van der Waals surface area (Å²) in [6.07, 6.45) is 3.22. The van der Waals surface area contributed by atoms with Crippen molar-refractivity contribution in [3.8, 4) is 0 Å². The van der Waals surface area contributed by atoms with E-state index < -0.39 is 0 Å². The fourth-order valence-electron chi connectivity index (χ4n) is 1.20. The number of pyridine rings is 1. The largest absolute Gasteiger partial charge is 0.367 e. The van der Waals surface area contributed by atoms with Gasteiger partial charge in [0, 0.05) is 11.7 Å². The lowest BCUT2D eigenvalue weighted by Gasteiger charge is -2.06. The van der Waals surface area contributed by atoms with E-state index in [1.165, 1.54) is 12.8 Å². The SMILES string of the molecule is Cc1ccc(C=O)c(NC2CC2)n1. The smallest absolute Gasteiger partial charge is 0.153 e. The van der Waals surface area contributed by atoms with E-state index in [1.807, 2.05) is 13.0 Å². The second-order valence-electron chi connectivity index (χ2n) is 3.43. The minimum atomic E-state index is 0.535. The summed E-state index contributed by atoms with van der Waals surface area (Å²) in [5.41, 5.74) is 1.59. The van der Waals surface area contributed by atoms with Crippen LogP contribution in [0.2, 0.25) is 0 Å². The molecule has 1 aromatic rings. The van der Waals surface area contributed by atoms with Crippen molar-refractivity contribution in [1.82, 2.24) is 4.98 Å². The molecule has 0 radical (unpaired) electrons. The summed E-state index contributed by atoms with van der Waals surface area (Å²) < 4.78 is 0. The van der Waals surface area contributed by atoms with Gasteiger partial charge in [-0.25, -0.2) is 4.98 Å². The second kappa shape index (κ2) is 3.17. The van der Waals surface area contributed by atoms with Crippen molar-refractivity contribution in [3.05, 3.63) is 23.4 Å². The molecule has 0 bridgehead atoms. The molecule has 1 aromatic heterocycles. The molecule has 3 heteroatoms. The van der Waals surface area contributed by atoms with E-state index in [4.69, 9.17) is 0 Å². The van der Waals surface area contributed by atoms with Crippen LogP contribution in [0.4, 0.5) is 5.82 Å². The highest BCUT2D eigenvalue weighted by Gasteiger charge is 2.22. The zero-order valence-electron chi connectivity index (χ0n) is 7.58. The van der Waals surface area contributed by atoms with Gasteiger partial charge in [0.2, 0.25) is 0 Å². The average Bonchev–Trinajstić information content (AvgIpc) is 2.89. The first-order valence-corrected chi connectivity index (χ1v) is 4.49. The minimum absolute atomic E-state index is 0.535. The number of rotatable bonds is 3. The van der Waals surface area contributed by atoms with Crippen molar-refractivity contribution in [2.24, 2.45) is 0 Å². The highest BCUT2D eigenvalue weighted by Crippen LogP contribution is 2.25. The maximum absolute atomic E-state index is 10.7. The van der Waals surface area contributed by atoms with Crippen molar-refractivity contribution in [3.63, 3.8) is 0 Å². The summed E-state index contributed by atoms with van der Waals surface area (Å²) >= 11 is 0. The van der Waals surface area contributed by atoms with E-state index in [2.05, 4.69) is 10.3 Å². The van der Waals surface area contributed by atoms with Crippen molar-refractivity contribution < 1.29 is 4.79 Å². The van der Waals surface area contributed by atoms with Crippen LogP contribution >= 0.6 is 0 Å². The molecule has 1 saturated carbocycles. The number of aryl methyl sites for hydroxylation is 1. The number of aromatic nitrogens is 1. The monoisotopic (exact) mass is 176 g/mol. The maximum atomic E-state index is 10.7. The summed E-state index contributed by atoms with van der Waals surface area (Å²) in [6, 6.07) is 4.19. The summed E-state index contributed by atoms with van der Waals surface area (Å²) in [5.74, 6) is 0.734. The van der Waals surface area contributed by atoms with E-state index in [9.17, 15) is 4.79 Å². The molecular formula is C10H12N2O. The predicted octanol–water partition coefficient (Wildman–Crippen LogP) is 1.78. The van der Waals surface area contributed by atoms with Crippen LogP contribution in [0.25, 0.3) is 0 Å². The summed E-state index contributed by atoms with van der Waals surface area (Å²) in [4.78, 5) is 14.9. The number of anilines is 1. The van der Waals surface area contributed by atoms with Crippen LogP contribution in [-0.2, 0) is 0 Å². The number of carbonyl (C=O) groups is 1. The topological polar surface area (TPSA) is 42.0 Å². The third-order valence-electron chi connectivity index (χ3n) is 2.11. The Bertz CT molecular complexity index is 332. The molecule has 2 rings (SSSR count). The zero-order chi connectivity index (χ0) is 9.26. The van der Waals surface area contributed by atoms with Gasteiger partial charge in [0.05, 0.1) is 5.56 Å². The number of aldehydes is 1. The molecule has 0 aliphatic heterocycles. The zero-order valence-corrected chi connectivity index (χ0v) is 7.58. The van der Waals surface area contributed by atoms with E-state index in [0.717, 1.165) is 17.8 Å². The molecule has 0 spiro atoms. The highest BCUT2D eigenvalue weighted by atomic mass is 16.1. The van der Waals surface area contributed by atoms with Crippen LogP contribution in [0.3, 0.4) is 0 Å². The molecule has 1 aliphatic carbocycles. The van der Waals surface area contributed by atoms with E-state index in [-0.39, 0.29) is 0 Å². The molecule has 3 nitrogen and oxygen atoms in total. The average molecular weight is 176 g/mol. The fourth-order valence-corrected chi connectivity index (χ4v) is 1.20. The Labute approximate surface area is 77.2 Å². The number of nitrogens with one attached hydrogen (secondary N) is 1. The Morgan fingerprint density at radius 3 is 2.92 bits per heavy atom. The molecule has 0 saturated heterocycles. The van der Waals surface area contributed by atoms with Crippen molar-refractivity contribution in [1.29, 1.82) is 0 Å². The number of hydrogen-bond donors (Lipinski definition) is 1. The Hall–Kier alpha value is -1.38. The van der Waals surface area contributed by atoms with E-state index in [0.29, 0.717) is 11.6 Å². The molecule has 13 heavy (non-hydrogen) atoms. The van der Waals surface area contributed by atoms with Gasteiger partial charge in [-0.1, -0.05) is 0 Å². The molecule has 0 unspecified atom stereocenters. The van der Waals surface area contributed by atoms with Gasteiger partial charge in [-0.3, -0.25) is 4.79 Å². The third-order valence-corrected chi connectivity index (χ3v) is 2.11. The second-order valence-corrected chi connectivity index (χ2v) is 3.43. The fraction of sp³-hybridized carbons (Fsp3) is 0.400. The molecule has 1 N–H and O–H groups in total. The van der Waals surface area contributed by atoms with Crippen LogP contribution in [0.1, 0.15) is 28.9 Å². The molecule has 0 atom stereocenters. The summed E-state index contributed by atoms with van der Waals surface area (Å²) in [5, 5.41) is 3.23. The van der Waals surface area contributed by atoms with E-state index >= 15 is 0 Å². The summed E-state index contributed by atoms with van der Waals surface area (Å²) in [7, 11) is 0. The Morgan fingerprint density at radius 1 is 1.54 bits per heavy atom. The first kappa shape index (κ1) is 8.23. The van der Waals surface area contributed by atoms with Gasteiger partial charge in [-0.2, -0.15) is 0 Å². The van der Waals surface area contributed by atoms with Gasteiger partial charge in [0.15, 0.2) is 6.29 Å². The Morgan fingerprint density at radius 2 is 2.31 bits per heavy atom. The molecule has 68 valence electrons. The normalized spacial score (nSPS) is 15.5. The van der Waals surface area contributed by atoms with Crippen LogP contribution in [0, 0.1) is 6.92 Å². The molecule has 1 fully saturated rings. The van der Waals surface area contributed by atoms with Gasteiger partial charge < -0.3 is 5.32 Å². The van der Waals surface area contributed by atoms with Crippen molar-refractivity contribution in [2.45, 2.75) is 25.8 Å². The lowest BCUT2D eigenvalue weighted by atomic mass is 10.2. The molecule has 0 amide bonds. The Kier molecular flexibility index (Phi) is 2.00. The lowest BCUT2D eigenvalue weighted by molar-refractivity contribution is 0.112. The van der Waals surface area contributed by atoms with Crippen LogP contribution in [0.5, 0.6) is 0 Å². The quantitative estimate of drug-likeness (QED) is 0.714. The van der Waals surface area contributed by atoms with Crippen molar-refractivity contribution in [2.75, 3.05) is 5.32 Å². The molecule has 0 aromatic carbocycles. The lowest BCUT2D eigenvalue weighted by Crippen LogP contribution is -2.06. The van der Waals surface area contributed by atoms with Gasteiger partial charge in [-0.15, -0.1) is 0 Å². The minimum Gasteiger partial charge on any atom is -0.367 e. The predicted molar refractivity (Wildman–Crippen MR) is 51.0 cm³/mol. The Balaban J connectivity index is 2.27. The van der Waals surface area contributed by atoms with Crippen molar-refractivity contribution >= 4 is 12.1 Å². The number of carbonyl (C=O) groups excluding carboxylic acids is 1. The first-order valence-electron chi connectivity index (χ1n) is 4.49. The van der Waals surface area contributed by atoms with Crippen LogP contribution in [-0.4, -0.2) is 17.3 Å². The number of nitrogens with zero attached hydrogens (tertiary/aromatic N) is 1. The van der Waals surface area contributed by atoms with E-state index in [1.54, 1.807) is 6.07 Å². The molecular weight excluding hydrogens is 164 g/mol. The van der Waals surface area contributed by atoms with Gasteiger partial charge in [0.1, 0.15) is 5.82 Å². The van der Waals surface area contributed by atoms with Gasteiger partial charge in [0.25, 0.3) is 0 Å². The van der Waals surface area contributed by atoms with Gasteiger partial charge >= 0.3 is 0 Å².